The van der Waals surface area contributed by atoms with Gasteiger partial charge < -0.3 is 19.9 Å². The van der Waals surface area contributed by atoms with Gasteiger partial charge in [0.05, 0.1) is 11.0 Å². The zero-order chi connectivity index (χ0) is 30.3. The second-order valence-corrected chi connectivity index (χ2v) is 18.3. The number of fused-ring (bicyclic) bond motifs is 7. The Morgan fingerprint density at radius 1 is 0.976 bits per heavy atom. The maximum Gasteiger partial charge on any atom is 0.156 e. The van der Waals surface area contributed by atoms with E-state index in [1.807, 2.05) is 0 Å². The largest absolute Gasteiger partial charge is 0.512 e. The maximum atomic E-state index is 11.5. The number of piperidine rings is 1. The first-order valence-electron chi connectivity index (χ1n) is 17.3. The van der Waals surface area contributed by atoms with Gasteiger partial charge in [-0.15, -0.1) is 0 Å². The number of aliphatic hydroxyl groups excluding tert-OH is 1. The standard InChI is InChI=1S/C36H60N2O3S/c1-24(2)26-10-17-36(37-20-23-38-21-13-25(14-22-38)42(40)41)19-18-34(6)27(31(26)36)8-9-29-33(5)15-12-30(39)32(3,4)28(33)11-16-35(29,34)7/h12,25-29,31,37,39H,1,8-11,13-23H2,2-7H3,(H,40,41)/t26-,27+,28-,29+,31+,33-,34+,35+,36-/m0/s1. The summed E-state index contributed by atoms with van der Waals surface area (Å²) in [6.45, 7) is 23.4. The Morgan fingerprint density at radius 3 is 2.36 bits per heavy atom. The van der Waals surface area contributed by atoms with E-state index in [-0.39, 0.29) is 21.6 Å². The molecule has 4 saturated carbocycles. The van der Waals surface area contributed by atoms with Gasteiger partial charge in [0.2, 0.25) is 0 Å². The Balaban J connectivity index is 1.23. The summed E-state index contributed by atoms with van der Waals surface area (Å²) < 4.78 is 21.0. The highest BCUT2D eigenvalue weighted by Crippen LogP contribution is 2.76. The lowest BCUT2D eigenvalue weighted by Crippen LogP contribution is -2.68. The summed E-state index contributed by atoms with van der Waals surface area (Å²) >= 11 is -1.68. The average Bonchev–Trinajstić information content (AvgIpc) is 3.32. The molecule has 0 aromatic carbocycles. The Labute approximate surface area is 259 Å². The van der Waals surface area contributed by atoms with E-state index in [4.69, 9.17) is 0 Å². The molecule has 0 aromatic rings. The van der Waals surface area contributed by atoms with Crippen molar-refractivity contribution >= 4 is 11.1 Å². The number of hydrogen-bond donors (Lipinski definition) is 3. The third kappa shape index (κ3) is 4.49. The summed E-state index contributed by atoms with van der Waals surface area (Å²) in [5.41, 5.74) is 2.38. The average molecular weight is 601 g/mol. The third-order valence-corrected chi connectivity index (χ3v) is 16.4. The van der Waals surface area contributed by atoms with Crippen LogP contribution in [0.5, 0.6) is 0 Å². The molecule has 42 heavy (non-hydrogen) atoms. The van der Waals surface area contributed by atoms with Crippen molar-refractivity contribution in [3.05, 3.63) is 24.0 Å². The first-order valence-corrected chi connectivity index (χ1v) is 18.5. The summed E-state index contributed by atoms with van der Waals surface area (Å²) in [6, 6.07) is 0. The lowest BCUT2D eigenvalue weighted by Gasteiger charge is -2.72. The Hall–Kier alpha value is -0.690. The van der Waals surface area contributed by atoms with Gasteiger partial charge in [0.1, 0.15) is 0 Å². The van der Waals surface area contributed by atoms with Crippen molar-refractivity contribution in [1.29, 1.82) is 0 Å². The molecule has 1 heterocycles. The normalized spacial score (nSPS) is 47.9. The van der Waals surface area contributed by atoms with E-state index in [0.717, 1.165) is 51.4 Å². The van der Waals surface area contributed by atoms with Crippen molar-refractivity contribution < 1.29 is 13.9 Å². The second-order valence-electron chi connectivity index (χ2n) is 17.1. The van der Waals surface area contributed by atoms with Crippen LogP contribution in [0.25, 0.3) is 0 Å². The molecule has 0 radical (unpaired) electrons. The fourth-order valence-electron chi connectivity index (χ4n) is 12.8. The highest BCUT2D eigenvalue weighted by molar-refractivity contribution is 7.79. The molecule has 6 aliphatic rings. The van der Waals surface area contributed by atoms with Crippen molar-refractivity contribution in [2.75, 3.05) is 26.2 Å². The highest BCUT2D eigenvalue weighted by Gasteiger charge is 2.70. The van der Waals surface area contributed by atoms with Crippen LogP contribution in [-0.4, -0.2) is 55.7 Å². The summed E-state index contributed by atoms with van der Waals surface area (Å²) in [5, 5.41) is 15.1. The van der Waals surface area contributed by atoms with E-state index >= 15 is 0 Å². The van der Waals surface area contributed by atoms with Crippen LogP contribution in [0.1, 0.15) is 112 Å². The summed E-state index contributed by atoms with van der Waals surface area (Å²) in [7, 11) is 0. The van der Waals surface area contributed by atoms with Gasteiger partial charge in [-0.2, -0.15) is 0 Å². The first kappa shape index (κ1) is 31.3. The molecule has 0 aromatic heterocycles. The fourth-order valence-corrected chi connectivity index (χ4v) is 13.5. The molecular formula is C36H60N2O3S. The number of nitrogens with zero attached hydrogens (tertiary/aromatic N) is 1. The van der Waals surface area contributed by atoms with Gasteiger partial charge in [-0.25, -0.2) is 4.21 Å². The van der Waals surface area contributed by atoms with Crippen LogP contribution in [-0.2, 0) is 11.1 Å². The van der Waals surface area contributed by atoms with Crippen LogP contribution in [0, 0.1) is 51.2 Å². The van der Waals surface area contributed by atoms with Crippen LogP contribution in [0.15, 0.2) is 24.0 Å². The summed E-state index contributed by atoms with van der Waals surface area (Å²) in [4.78, 5) is 2.50. The number of allylic oxidation sites excluding steroid dienone is 3. The predicted octanol–water partition coefficient (Wildman–Crippen LogP) is 7.72. The summed E-state index contributed by atoms with van der Waals surface area (Å²) in [6.07, 6.45) is 15.2. The highest BCUT2D eigenvalue weighted by atomic mass is 32.2. The van der Waals surface area contributed by atoms with E-state index in [0.29, 0.717) is 40.3 Å². The minimum atomic E-state index is -1.68. The molecule has 3 N–H and O–H groups in total. The molecule has 6 rings (SSSR count). The topological polar surface area (TPSA) is 72.8 Å². The number of nitrogens with one attached hydrogen (secondary N) is 1. The minimum absolute atomic E-state index is 0.0467. The zero-order valence-corrected chi connectivity index (χ0v) is 28.3. The maximum absolute atomic E-state index is 11.5. The molecule has 6 heteroatoms. The number of rotatable bonds is 6. The molecule has 10 atom stereocenters. The molecule has 238 valence electrons. The van der Waals surface area contributed by atoms with Crippen molar-refractivity contribution in [2.24, 2.45) is 51.2 Å². The smallest absolute Gasteiger partial charge is 0.156 e. The van der Waals surface area contributed by atoms with Crippen LogP contribution >= 0.6 is 0 Å². The van der Waals surface area contributed by atoms with Gasteiger partial charge in [0, 0.05) is 24.0 Å². The van der Waals surface area contributed by atoms with E-state index in [2.05, 4.69) is 64.4 Å². The van der Waals surface area contributed by atoms with Crippen molar-refractivity contribution in [3.8, 4) is 0 Å². The number of aliphatic hydroxyl groups is 1. The van der Waals surface area contributed by atoms with Crippen molar-refractivity contribution in [2.45, 2.75) is 123 Å². The number of likely N-dealkylation sites (tertiary alicyclic amines) is 1. The van der Waals surface area contributed by atoms with Gasteiger partial charge >= 0.3 is 0 Å². The van der Waals surface area contributed by atoms with Gasteiger partial charge in [-0.1, -0.05) is 46.8 Å². The van der Waals surface area contributed by atoms with E-state index in [9.17, 15) is 13.9 Å². The van der Waals surface area contributed by atoms with Gasteiger partial charge in [-0.05, 0) is 143 Å². The Bertz CT molecular complexity index is 1130. The molecule has 1 aliphatic heterocycles. The van der Waals surface area contributed by atoms with Gasteiger partial charge in [-0.3, -0.25) is 0 Å². The van der Waals surface area contributed by atoms with E-state index in [1.165, 1.54) is 56.9 Å². The Kier molecular flexibility index (Phi) is 7.97. The molecule has 0 amide bonds. The fraction of sp³-hybridized carbons (Fsp3) is 0.889. The quantitative estimate of drug-likeness (QED) is 0.215. The molecule has 0 bridgehead atoms. The predicted molar refractivity (Wildman–Crippen MR) is 174 cm³/mol. The van der Waals surface area contributed by atoms with Crippen LogP contribution in [0.4, 0.5) is 0 Å². The van der Waals surface area contributed by atoms with Crippen LogP contribution in [0.3, 0.4) is 0 Å². The third-order valence-electron chi connectivity index (χ3n) is 15.3. The minimum Gasteiger partial charge on any atom is -0.512 e. The molecule has 5 fully saturated rings. The number of hydrogen-bond acceptors (Lipinski definition) is 4. The lowest BCUT2D eigenvalue weighted by atomic mass is 9.33. The van der Waals surface area contributed by atoms with Crippen LogP contribution < -0.4 is 5.32 Å². The van der Waals surface area contributed by atoms with Crippen LogP contribution in [0.2, 0.25) is 0 Å². The Morgan fingerprint density at radius 2 is 1.69 bits per heavy atom. The molecule has 0 spiro atoms. The first-order chi connectivity index (χ1) is 19.7. The summed E-state index contributed by atoms with van der Waals surface area (Å²) in [5.74, 6) is 3.87. The second kappa shape index (κ2) is 10.7. The van der Waals surface area contributed by atoms with Gasteiger partial charge in [0.15, 0.2) is 11.1 Å². The molecular weight excluding hydrogens is 540 g/mol. The molecule has 5 aliphatic carbocycles. The van der Waals surface area contributed by atoms with Crippen molar-refractivity contribution in [3.63, 3.8) is 0 Å². The van der Waals surface area contributed by atoms with Crippen molar-refractivity contribution in [1.82, 2.24) is 10.2 Å². The zero-order valence-electron chi connectivity index (χ0n) is 27.5. The molecule has 5 nitrogen and oxygen atoms in total. The lowest BCUT2D eigenvalue weighted by molar-refractivity contribution is -0.223. The molecule has 1 saturated heterocycles. The molecule has 1 unspecified atom stereocenters. The SMILES string of the molecule is C=C(C)[C@@H]1CC[C@]2(NCCN3CCC(S(=O)O)CC3)CC[C@]3(C)[C@H](CC[C@@H]4[C@@]5(C)CC=C(O)C(C)(C)[C@@H]5CC[C@]43C)[C@@H]12. The van der Waals surface area contributed by atoms with E-state index < -0.39 is 11.1 Å². The van der Waals surface area contributed by atoms with Gasteiger partial charge in [0.25, 0.3) is 0 Å². The van der Waals surface area contributed by atoms with E-state index in [1.54, 1.807) is 0 Å². The monoisotopic (exact) mass is 600 g/mol.